The quantitative estimate of drug-likeness (QED) is 0.528. The van der Waals surface area contributed by atoms with Crippen molar-refractivity contribution in [1.82, 2.24) is 5.32 Å². The molecular formula is C11H13NO4. The highest BCUT2D eigenvalue weighted by molar-refractivity contribution is 5.67. The second-order valence-corrected chi connectivity index (χ2v) is 3.17. The fourth-order valence-electron chi connectivity index (χ4n) is 1.17. The maximum atomic E-state index is 10.5. The van der Waals surface area contributed by atoms with Crippen molar-refractivity contribution in [3.05, 3.63) is 35.9 Å². The number of amides is 1. The molecule has 1 aromatic rings. The molecule has 0 bridgehead atoms. The van der Waals surface area contributed by atoms with Gasteiger partial charge in [-0.25, -0.2) is 0 Å². The molecule has 16 heavy (non-hydrogen) atoms. The van der Waals surface area contributed by atoms with Crippen LogP contribution in [0.15, 0.2) is 30.3 Å². The van der Waals surface area contributed by atoms with Crippen LogP contribution in [-0.4, -0.2) is 23.7 Å². The van der Waals surface area contributed by atoms with Crippen molar-refractivity contribution >= 4 is 12.4 Å². The lowest BCUT2D eigenvalue weighted by molar-refractivity contribution is -0.141. The molecule has 1 atom stereocenters. The normalized spacial score (nSPS) is 11.8. The highest BCUT2D eigenvalue weighted by Gasteiger charge is 2.12. The molecular weight excluding hydrogens is 210 g/mol. The molecule has 0 aliphatic heterocycles. The van der Waals surface area contributed by atoms with Gasteiger partial charge in [-0.1, -0.05) is 30.3 Å². The summed E-state index contributed by atoms with van der Waals surface area (Å²) in [6.45, 7) is 0.264. The van der Waals surface area contributed by atoms with Gasteiger partial charge in [0.05, 0.1) is 13.0 Å². The van der Waals surface area contributed by atoms with E-state index in [1.807, 2.05) is 30.3 Å². The summed E-state index contributed by atoms with van der Waals surface area (Å²) in [5.41, 5.74) is 0.922. The molecule has 1 aromatic carbocycles. The van der Waals surface area contributed by atoms with Gasteiger partial charge in [-0.05, 0) is 5.56 Å². The van der Waals surface area contributed by atoms with Gasteiger partial charge in [-0.15, -0.1) is 0 Å². The first-order chi connectivity index (χ1) is 7.72. The molecule has 0 radical (unpaired) electrons. The lowest BCUT2D eigenvalue weighted by Gasteiger charge is -2.14. The van der Waals surface area contributed by atoms with Crippen LogP contribution in [0, 0.1) is 0 Å². The van der Waals surface area contributed by atoms with Gasteiger partial charge in [-0.3, -0.25) is 9.59 Å². The first-order valence-electron chi connectivity index (χ1n) is 4.79. The summed E-state index contributed by atoms with van der Waals surface area (Å²) in [7, 11) is 0. The summed E-state index contributed by atoms with van der Waals surface area (Å²) < 4.78 is 5.26. The Morgan fingerprint density at radius 2 is 2.12 bits per heavy atom. The Kier molecular flexibility index (Phi) is 5.01. The summed E-state index contributed by atoms with van der Waals surface area (Å²) in [5, 5.41) is 10.9. The number of aliphatic carboxylic acids is 1. The average Bonchev–Trinajstić information content (AvgIpc) is 2.27. The number of hydrogen-bond acceptors (Lipinski definition) is 3. The molecule has 0 spiro atoms. The Hall–Kier alpha value is -1.88. The zero-order chi connectivity index (χ0) is 11.8. The number of rotatable bonds is 7. The van der Waals surface area contributed by atoms with Gasteiger partial charge in [0.25, 0.3) is 0 Å². The number of carbonyl (C=O) groups is 2. The number of carboxylic acid groups (broad SMARTS) is 1. The maximum absolute atomic E-state index is 10.5. The highest BCUT2D eigenvalue weighted by atomic mass is 16.5. The highest BCUT2D eigenvalue weighted by Crippen LogP contribution is 2.04. The van der Waals surface area contributed by atoms with E-state index in [2.05, 4.69) is 5.32 Å². The van der Waals surface area contributed by atoms with Crippen LogP contribution in [0.1, 0.15) is 12.0 Å². The van der Waals surface area contributed by atoms with Gasteiger partial charge >= 0.3 is 5.97 Å². The van der Waals surface area contributed by atoms with E-state index in [0.29, 0.717) is 6.41 Å². The minimum atomic E-state index is -1.02. The van der Waals surface area contributed by atoms with Crippen LogP contribution >= 0.6 is 0 Å². The van der Waals surface area contributed by atoms with Crippen molar-refractivity contribution in [2.45, 2.75) is 19.3 Å². The number of carboxylic acids is 1. The van der Waals surface area contributed by atoms with Crippen molar-refractivity contribution < 1.29 is 19.4 Å². The molecule has 0 heterocycles. The van der Waals surface area contributed by atoms with E-state index >= 15 is 0 Å². The predicted octanol–water partition coefficient (Wildman–Crippen LogP) is 0.750. The average molecular weight is 223 g/mol. The number of nitrogens with one attached hydrogen (secondary N) is 1. The third kappa shape index (κ3) is 4.56. The van der Waals surface area contributed by atoms with Crippen molar-refractivity contribution in [3.8, 4) is 0 Å². The molecule has 0 saturated carbocycles. The van der Waals surface area contributed by atoms with Crippen LogP contribution in [0.2, 0.25) is 0 Å². The van der Waals surface area contributed by atoms with Crippen LogP contribution in [0.3, 0.4) is 0 Å². The molecule has 0 aliphatic carbocycles. The molecule has 5 nitrogen and oxygen atoms in total. The molecule has 0 aromatic heterocycles. The van der Waals surface area contributed by atoms with E-state index < -0.39 is 12.2 Å². The lowest BCUT2D eigenvalue weighted by atomic mass is 10.2. The Morgan fingerprint density at radius 3 is 2.69 bits per heavy atom. The number of benzene rings is 1. The van der Waals surface area contributed by atoms with Crippen LogP contribution in [0.4, 0.5) is 0 Å². The van der Waals surface area contributed by atoms with Gasteiger partial charge in [-0.2, -0.15) is 0 Å². The zero-order valence-corrected chi connectivity index (χ0v) is 8.63. The largest absolute Gasteiger partial charge is 0.481 e. The Bertz CT molecular complexity index is 339. The number of hydrogen-bond donors (Lipinski definition) is 2. The summed E-state index contributed by atoms with van der Waals surface area (Å²) in [6.07, 6.45) is -0.625. The SMILES string of the molecule is O=CNC(CC(=O)O)OCc1ccccc1. The number of ether oxygens (including phenoxy) is 1. The molecule has 0 fully saturated rings. The van der Waals surface area contributed by atoms with Crippen molar-refractivity contribution in [2.24, 2.45) is 0 Å². The minimum absolute atomic E-state index is 0.258. The third-order valence-electron chi connectivity index (χ3n) is 1.91. The molecule has 86 valence electrons. The van der Waals surface area contributed by atoms with Crippen molar-refractivity contribution in [2.75, 3.05) is 0 Å². The maximum Gasteiger partial charge on any atom is 0.307 e. The standard InChI is InChI=1S/C11H13NO4/c13-8-12-10(6-11(14)15)16-7-9-4-2-1-3-5-9/h1-5,8,10H,6-7H2,(H,12,13)(H,14,15). The Labute approximate surface area is 93.0 Å². The Morgan fingerprint density at radius 1 is 1.44 bits per heavy atom. The van der Waals surface area contributed by atoms with Crippen LogP contribution in [-0.2, 0) is 20.9 Å². The summed E-state index contributed by atoms with van der Waals surface area (Å²) in [5.74, 6) is -1.02. The topological polar surface area (TPSA) is 75.6 Å². The third-order valence-corrected chi connectivity index (χ3v) is 1.91. The van der Waals surface area contributed by atoms with E-state index in [0.717, 1.165) is 5.56 Å². The predicted molar refractivity (Wildman–Crippen MR) is 56.5 cm³/mol. The van der Waals surface area contributed by atoms with Crippen molar-refractivity contribution in [1.29, 1.82) is 0 Å². The molecule has 2 N–H and O–H groups in total. The van der Waals surface area contributed by atoms with Gasteiger partial charge in [0.15, 0.2) is 0 Å². The van der Waals surface area contributed by atoms with E-state index in [1.54, 1.807) is 0 Å². The van der Waals surface area contributed by atoms with Crippen LogP contribution in [0.25, 0.3) is 0 Å². The molecule has 0 aliphatic rings. The smallest absolute Gasteiger partial charge is 0.307 e. The van der Waals surface area contributed by atoms with E-state index in [-0.39, 0.29) is 13.0 Å². The van der Waals surface area contributed by atoms with Gasteiger partial charge in [0, 0.05) is 0 Å². The first-order valence-corrected chi connectivity index (χ1v) is 4.79. The van der Waals surface area contributed by atoms with Gasteiger partial charge in [0.1, 0.15) is 6.23 Å². The summed E-state index contributed by atoms with van der Waals surface area (Å²) in [6, 6.07) is 9.31. The van der Waals surface area contributed by atoms with Gasteiger partial charge in [0.2, 0.25) is 6.41 Å². The molecule has 1 rings (SSSR count). The van der Waals surface area contributed by atoms with Crippen molar-refractivity contribution in [3.63, 3.8) is 0 Å². The van der Waals surface area contributed by atoms with Crippen LogP contribution < -0.4 is 5.32 Å². The van der Waals surface area contributed by atoms with E-state index in [4.69, 9.17) is 9.84 Å². The van der Waals surface area contributed by atoms with E-state index in [1.165, 1.54) is 0 Å². The second kappa shape index (κ2) is 6.58. The summed E-state index contributed by atoms with van der Waals surface area (Å²) in [4.78, 5) is 20.7. The number of carbonyl (C=O) groups excluding carboxylic acids is 1. The minimum Gasteiger partial charge on any atom is -0.481 e. The molecule has 0 saturated heterocycles. The van der Waals surface area contributed by atoms with Gasteiger partial charge < -0.3 is 15.2 Å². The fraction of sp³-hybridized carbons (Fsp3) is 0.273. The molecule has 5 heteroatoms. The Balaban J connectivity index is 2.43. The molecule has 1 unspecified atom stereocenters. The van der Waals surface area contributed by atoms with E-state index in [9.17, 15) is 9.59 Å². The molecule has 1 amide bonds. The lowest BCUT2D eigenvalue weighted by Crippen LogP contribution is -2.32. The summed E-state index contributed by atoms with van der Waals surface area (Å²) >= 11 is 0. The first kappa shape index (κ1) is 12.2. The monoisotopic (exact) mass is 223 g/mol. The second-order valence-electron chi connectivity index (χ2n) is 3.17. The zero-order valence-electron chi connectivity index (χ0n) is 8.63. The van der Waals surface area contributed by atoms with Crippen LogP contribution in [0.5, 0.6) is 0 Å². The fourth-order valence-corrected chi connectivity index (χ4v) is 1.17.